The number of carbonyl (C=O) groups is 1. The highest BCUT2D eigenvalue weighted by Gasteiger charge is 2.30. The topological polar surface area (TPSA) is 74.7 Å². The fraction of sp³-hybridized carbons (Fsp3) is 0.462. The Hall–Kier alpha value is -1.47. The molecule has 2 rings (SSSR count). The van der Waals surface area contributed by atoms with Crippen LogP contribution in [0.4, 0.5) is 4.39 Å². The van der Waals surface area contributed by atoms with Crippen LogP contribution in [0.3, 0.4) is 0 Å². The number of sulfonamides is 1. The first-order valence-corrected chi connectivity index (χ1v) is 7.79. The number of benzene rings is 1. The van der Waals surface area contributed by atoms with Gasteiger partial charge in [0.15, 0.2) is 0 Å². The van der Waals surface area contributed by atoms with Crippen LogP contribution in [-0.4, -0.2) is 36.9 Å². The van der Waals surface area contributed by atoms with E-state index in [0.717, 1.165) is 31.0 Å². The van der Waals surface area contributed by atoms with E-state index in [0.29, 0.717) is 19.0 Å². The van der Waals surface area contributed by atoms with Gasteiger partial charge in [-0.2, -0.15) is 4.31 Å². The summed E-state index contributed by atoms with van der Waals surface area (Å²) in [6.45, 7) is 2.70. The number of carboxylic acids is 1. The molecule has 0 aliphatic carbocycles. The Kier molecular flexibility index (Phi) is 4.10. The fourth-order valence-corrected chi connectivity index (χ4v) is 3.76. The Morgan fingerprint density at radius 2 is 1.95 bits per heavy atom. The molecule has 1 fully saturated rings. The molecule has 0 atom stereocenters. The normalized spacial score (nSPS) is 18.1. The molecule has 7 heteroatoms. The number of rotatable bonds is 3. The van der Waals surface area contributed by atoms with Crippen LogP contribution in [0, 0.1) is 11.7 Å². The van der Waals surface area contributed by atoms with Crippen LogP contribution >= 0.6 is 0 Å². The molecule has 1 N–H and O–H groups in total. The molecule has 20 heavy (non-hydrogen) atoms. The zero-order valence-corrected chi connectivity index (χ0v) is 11.9. The van der Waals surface area contributed by atoms with E-state index in [2.05, 4.69) is 0 Å². The molecule has 110 valence electrons. The van der Waals surface area contributed by atoms with E-state index in [-0.39, 0.29) is 5.56 Å². The van der Waals surface area contributed by atoms with Crippen LogP contribution in [0.25, 0.3) is 0 Å². The number of halogens is 1. The van der Waals surface area contributed by atoms with Crippen molar-refractivity contribution in [1.82, 2.24) is 4.31 Å². The molecule has 0 saturated carbocycles. The van der Waals surface area contributed by atoms with Crippen molar-refractivity contribution in [2.24, 2.45) is 5.92 Å². The van der Waals surface area contributed by atoms with Gasteiger partial charge >= 0.3 is 5.97 Å². The monoisotopic (exact) mass is 301 g/mol. The lowest BCUT2D eigenvalue weighted by Crippen LogP contribution is -2.38. The summed E-state index contributed by atoms with van der Waals surface area (Å²) >= 11 is 0. The number of aromatic carboxylic acids is 1. The molecular weight excluding hydrogens is 285 g/mol. The highest BCUT2D eigenvalue weighted by molar-refractivity contribution is 7.89. The minimum absolute atomic E-state index is 0.240. The van der Waals surface area contributed by atoms with Crippen molar-refractivity contribution in [3.63, 3.8) is 0 Å². The predicted octanol–water partition coefficient (Wildman–Crippen LogP) is 1.94. The molecule has 1 aliphatic rings. The molecule has 0 aromatic heterocycles. The third kappa shape index (κ3) is 2.83. The number of hydrogen-bond acceptors (Lipinski definition) is 3. The summed E-state index contributed by atoms with van der Waals surface area (Å²) in [6, 6.07) is 2.81. The molecule has 1 heterocycles. The molecule has 0 radical (unpaired) electrons. The van der Waals surface area contributed by atoms with Crippen LogP contribution in [0.15, 0.2) is 23.1 Å². The molecule has 0 bridgehead atoms. The number of nitrogens with zero attached hydrogens (tertiary/aromatic N) is 1. The summed E-state index contributed by atoms with van der Waals surface area (Å²) in [4.78, 5) is 10.3. The smallest absolute Gasteiger partial charge is 0.335 e. The Morgan fingerprint density at radius 3 is 2.50 bits per heavy atom. The minimum Gasteiger partial charge on any atom is -0.478 e. The first kappa shape index (κ1) is 14.9. The van der Waals surface area contributed by atoms with E-state index in [9.17, 15) is 17.6 Å². The van der Waals surface area contributed by atoms with Gasteiger partial charge in [0.1, 0.15) is 10.7 Å². The van der Waals surface area contributed by atoms with E-state index in [1.165, 1.54) is 4.31 Å². The van der Waals surface area contributed by atoms with Gasteiger partial charge in [0.25, 0.3) is 0 Å². The fourth-order valence-electron chi connectivity index (χ4n) is 2.20. The van der Waals surface area contributed by atoms with Gasteiger partial charge in [0.05, 0.1) is 5.56 Å². The molecule has 0 spiro atoms. The summed E-state index contributed by atoms with van der Waals surface area (Å²) in [5, 5.41) is 8.88. The van der Waals surface area contributed by atoms with Gasteiger partial charge in [-0.1, -0.05) is 6.92 Å². The molecule has 1 aromatic carbocycles. The van der Waals surface area contributed by atoms with Gasteiger partial charge in [-0.3, -0.25) is 0 Å². The standard InChI is InChI=1S/C13H16FNO4S/c1-9-4-6-15(7-5-9)20(18,19)12-8-10(13(16)17)2-3-11(12)14/h2-3,8-9H,4-7H2,1H3,(H,16,17). The van der Waals surface area contributed by atoms with E-state index >= 15 is 0 Å². The first-order valence-electron chi connectivity index (χ1n) is 6.35. The van der Waals surface area contributed by atoms with E-state index < -0.39 is 26.7 Å². The first-order chi connectivity index (χ1) is 9.32. The van der Waals surface area contributed by atoms with Crippen molar-refractivity contribution in [3.05, 3.63) is 29.6 Å². The molecular formula is C13H16FNO4S. The number of carboxylic acid groups (broad SMARTS) is 1. The maximum Gasteiger partial charge on any atom is 0.335 e. The van der Waals surface area contributed by atoms with Crippen molar-refractivity contribution in [2.75, 3.05) is 13.1 Å². The minimum atomic E-state index is -3.98. The lowest BCUT2D eigenvalue weighted by atomic mass is 10.0. The largest absolute Gasteiger partial charge is 0.478 e. The summed E-state index contributed by atoms with van der Waals surface area (Å²) in [7, 11) is -3.98. The van der Waals surface area contributed by atoms with Gasteiger partial charge < -0.3 is 5.11 Å². The summed E-state index contributed by atoms with van der Waals surface area (Å²) in [6.07, 6.45) is 1.44. The van der Waals surface area contributed by atoms with Gasteiger partial charge in [0.2, 0.25) is 10.0 Å². The van der Waals surface area contributed by atoms with Crippen molar-refractivity contribution in [1.29, 1.82) is 0 Å². The molecule has 1 saturated heterocycles. The molecule has 1 aliphatic heterocycles. The quantitative estimate of drug-likeness (QED) is 0.926. The summed E-state index contributed by atoms with van der Waals surface area (Å²) in [5.74, 6) is -1.76. The number of piperidine rings is 1. The zero-order valence-electron chi connectivity index (χ0n) is 11.0. The predicted molar refractivity (Wildman–Crippen MR) is 70.5 cm³/mol. The van der Waals surface area contributed by atoms with Crippen LogP contribution in [-0.2, 0) is 10.0 Å². The maximum absolute atomic E-state index is 13.8. The molecule has 0 unspecified atom stereocenters. The van der Waals surface area contributed by atoms with E-state index in [4.69, 9.17) is 5.11 Å². The average Bonchev–Trinajstić information content (AvgIpc) is 2.39. The molecule has 0 amide bonds. The van der Waals surface area contributed by atoms with Crippen LogP contribution in [0.2, 0.25) is 0 Å². The second-order valence-electron chi connectivity index (χ2n) is 5.04. The van der Waals surface area contributed by atoms with Crippen molar-refractivity contribution in [2.45, 2.75) is 24.7 Å². The van der Waals surface area contributed by atoms with E-state index in [1.54, 1.807) is 0 Å². The average molecular weight is 301 g/mol. The van der Waals surface area contributed by atoms with Gasteiger partial charge in [-0.25, -0.2) is 17.6 Å². The van der Waals surface area contributed by atoms with E-state index in [1.807, 2.05) is 6.92 Å². The zero-order chi connectivity index (χ0) is 14.9. The van der Waals surface area contributed by atoms with Crippen molar-refractivity contribution < 1.29 is 22.7 Å². The van der Waals surface area contributed by atoms with Crippen LogP contribution in [0.1, 0.15) is 30.1 Å². The second-order valence-corrected chi connectivity index (χ2v) is 6.94. The highest BCUT2D eigenvalue weighted by Crippen LogP contribution is 2.25. The third-order valence-corrected chi connectivity index (χ3v) is 5.45. The lowest BCUT2D eigenvalue weighted by Gasteiger charge is -2.29. The Morgan fingerprint density at radius 1 is 1.35 bits per heavy atom. The molecule has 5 nitrogen and oxygen atoms in total. The van der Waals surface area contributed by atoms with Crippen molar-refractivity contribution >= 4 is 16.0 Å². The molecule has 1 aromatic rings. The lowest BCUT2D eigenvalue weighted by molar-refractivity contribution is 0.0696. The summed E-state index contributed by atoms with van der Waals surface area (Å²) in [5.41, 5.74) is -0.240. The Bertz CT molecular complexity index is 621. The van der Waals surface area contributed by atoms with Crippen LogP contribution < -0.4 is 0 Å². The van der Waals surface area contributed by atoms with Gasteiger partial charge in [-0.05, 0) is 37.0 Å². The Labute approximate surface area is 117 Å². The summed E-state index contributed by atoms with van der Waals surface area (Å²) < 4.78 is 39.7. The van der Waals surface area contributed by atoms with Crippen molar-refractivity contribution in [3.8, 4) is 0 Å². The second kappa shape index (κ2) is 5.49. The van der Waals surface area contributed by atoms with Crippen LogP contribution in [0.5, 0.6) is 0 Å². The van der Waals surface area contributed by atoms with Gasteiger partial charge in [-0.15, -0.1) is 0 Å². The number of hydrogen-bond donors (Lipinski definition) is 1. The Balaban J connectivity index is 2.38. The third-order valence-electron chi connectivity index (χ3n) is 3.54. The maximum atomic E-state index is 13.8. The SMILES string of the molecule is CC1CCN(S(=O)(=O)c2cc(C(=O)O)ccc2F)CC1. The highest BCUT2D eigenvalue weighted by atomic mass is 32.2. The van der Waals surface area contributed by atoms with Gasteiger partial charge in [0, 0.05) is 13.1 Å².